The number of rotatable bonds is 9. The molecule has 7 aromatic carbocycles. The molecule has 0 amide bonds. The maximum absolute atomic E-state index is 2.59. The Balaban J connectivity index is 1.09. The summed E-state index contributed by atoms with van der Waals surface area (Å²) in [5.74, 6) is 1.97. The van der Waals surface area contributed by atoms with Gasteiger partial charge in [0.1, 0.15) is 0 Å². The van der Waals surface area contributed by atoms with Crippen LogP contribution in [0.25, 0.3) is 22.3 Å². The Bertz CT molecular complexity index is 2960. The van der Waals surface area contributed by atoms with Gasteiger partial charge in [0, 0.05) is 17.1 Å². The van der Waals surface area contributed by atoms with Crippen molar-refractivity contribution in [2.75, 3.05) is 4.90 Å². The molecule has 74 heavy (non-hydrogen) atoms. The predicted molar refractivity (Wildman–Crippen MR) is 317 cm³/mol. The van der Waals surface area contributed by atoms with Crippen LogP contribution in [0, 0.1) is 0 Å². The third-order valence-electron chi connectivity index (χ3n) is 18.4. The number of nitrogens with zero attached hydrogens (tertiary/aromatic N) is 1. The molecule has 7 aromatic rings. The summed E-state index contributed by atoms with van der Waals surface area (Å²) < 4.78 is 0. The summed E-state index contributed by atoms with van der Waals surface area (Å²) in [4.78, 5) is 2.55. The lowest BCUT2D eigenvalue weighted by atomic mass is 9.67. The predicted octanol–water partition coefficient (Wildman–Crippen LogP) is 21.2. The molecule has 11 rings (SSSR count). The zero-order valence-corrected chi connectivity index (χ0v) is 46.7. The maximum atomic E-state index is 2.59. The first-order chi connectivity index (χ1) is 35.6. The fourth-order valence-corrected chi connectivity index (χ4v) is 14.2. The van der Waals surface area contributed by atoms with E-state index >= 15 is 0 Å². The minimum atomic E-state index is -0.496. The van der Waals surface area contributed by atoms with Gasteiger partial charge in [-0.1, -0.05) is 235 Å². The molecule has 0 atom stereocenters. The minimum absolute atomic E-state index is 0.0394. The molecule has 3 fully saturated rings. The molecule has 0 aromatic heterocycles. The van der Waals surface area contributed by atoms with E-state index in [2.05, 4.69) is 219 Å². The standard InChI is InChI=1S/C73H85N/c1-70(2,3)59-47-67(71(4,5)6)69(68(48-59)72(7,8)9)56-35-43-61(44-36-56)74(60-41-33-55(34-42-60)52-25-17-12-18-26-52)62-45-46-64-63-27-19-20-28-65(63)73(66(64)49-62,57-37-29-53(30-38-57)50-21-13-10-14-22-50)58-39-31-54(32-40-58)51-23-15-11-16-24-51/h19-20,27-52H,10-18,21-26H2,1-9H3. The van der Waals surface area contributed by atoms with Crippen LogP contribution in [-0.2, 0) is 21.7 Å². The van der Waals surface area contributed by atoms with Crippen molar-refractivity contribution in [3.8, 4) is 22.3 Å². The second-order valence-electron chi connectivity index (χ2n) is 26.4. The average molecular weight is 976 g/mol. The highest BCUT2D eigenvalue weighted by Gasteiger charge is 2.47. The highest BCUT2D eigenvalue weighted by Crippen LogP contribution is 2.58. The molecule has 0 aliphatic heterocycles. The van der Waals surface area contributed by atoms with Crippen molar-refractivity contribution >= 4 is 17.1 Å². The van der Waals surface area contributed by atoms with Crippen LogP contribution in [0.1, 0.15) is 232 Å². The van der Waals surface area contributed by atoms with Crippen LogP contribution in [0.4, 0.5) is 17.1 Å². The van der Waals surface area contributed by atoms with Gasteiger partial charge in [-0.05, 0) is 187 Å². The third kappa shape index (κ3) is 9.54. The summed E-state index contributed by atoms with van der Waals surface area (Å²) in [5, 5.41) is 0. The van der Waals surface area contributed by atoms with Crippen LogP contribution in [0.3, 0.4) is 0 Å². The van der Waals surface area contributed by atoms with Gasteiger partial charge in [-0.25, -0.2) is 0 Å². The maximum Gasteiger partial charge on any atom is 0.0714 e. The first-order valence-corrected chi connectivity index (χ1v) is 29.2. The number of hydrogen-bond acceptors (Lipinski definition) is 1. The average Bonchev–Trinajstić information content (AvgIpc) is 3.74. The van der Waals surface area contributed by atoms with E-state index in [0.717, 1.165) is 0 Å². The van der Waals surface area contributed by atoms with Gasteiger partial charge in [-0.15, -0.1) is 0 Å². The Labute approximate surface area is 447 Å². The SMILES string of the molecule is CC(C)(C)c1cc(C(C)(C)C)c(-c2ccc(N(c3ccc(C4CCCCC4)cc3)c3ccc4c(c3)C(c3ccc(C5CCCCC5)cc3)(c3ccc(C5CCCCC5)cc3)c3ccccc3-4)cc2)c(C(C)(C)C)c1. The summed E-state index contributed by atoms with van der Waals surface area (Å²) in [6, 6.07) is 61.3. The highest BCUT2D eigenvalue weighted by atomic mass is 15.1. The fraction of sp³-hybridized carbons (Fsp3) is 0.425. The molecule has 1 nitrogen and oxygen atoms in total. The Kier molecular flexibility index (Phi) is 13.7. The van der Waals surface area contributed by atoms with Gasteiger partial charge < -0.3 is 4.90 Å². The second kappa shape index (κ2) is 20.1. The monoisotopic (exact) mass is 976 g/mol. The lowest BCUT2D eigenvalue weighted by Crippen LogP contribution is -2.29. The van der Waals surface area contributed by atoms with Gasteiger partial charge >= 0.3 is 0 Å². The van der Waals surface area contributed by atoms with Crippen molar-refractivity contribution in [1.82, 2.24) is 0 Å². The molecule has 4 aliphatic carbocycles. The first-order valence-electron chi connectivity index (χ1n) is 29.2. The third-order valence-corrected chi connectivity index (χ3v) is 18.4. The topological polar surface area (TPSA) is 3.24 Å². The lowest BCUT2D eigenvalue weighted by molar-refractivity contribution is 0.443. The molecule has 0 spiro atoms. The van der Waals surface area contributed by atoms with Gasteiger partial charge in [0.2, 0.25) is 0 Å². The second-order valence-corrected chi connectivity index (χ2v) is 26.4. The molecule has 4 aliphatic rings. The quantitative estimate of drug-likeness (QED) is 0.139. The molecular weight excluding hydrogens is 891 g/mol. The molecule has 382 valence electrons. The van der Waals surface area contributed by atoms with Crippen molar-refractivity contribution < 1.29 is 0 Å². The number of anilines is 3. The summed E-state index contributed by atoms with van der Waals surface area (Å²) in [5.41, 5.74) is 22.6. The van der Waals surface area contributed by atoms with Crippen molar-refractivity contribution in [3.63, 3.8) is 0 Å². The van der Waals surface area contributed by atoms with Gasteiger partial charge in [0.25, 0.3) is 0 Å². The van der Waals surface area contributed by atoms with Gasteiger partial charge in [0.05, 0.1) is 5.41 Å². The van der Waals surface area contributed by atoms with Gasteiger partial charge in [0.15, 0.2) is 0 Å². The summed E-state index contributed by atoms with van der Waals surface area (Å²) in [7, 11) is 0. The van der Waals surface area contributed by atoms with Crippen LogP contribution in [0.2, 0.25) is 0 Å². The van der Waals surface area contributed by atoms with Crippen LogP contribution < -0.4 is 4.90 Å². The normalized spacial score (nSPS) is 17.7. The summed E-state index contributed by atoms with van der Waals surface area (Å²) >= 11 is 0. The van der Waals surface area contributed by atoms with E-state index in [1.54, 1.807) is 0 Å². The van der Waals surface area contributed by atoms with Gasteiger partial charge in [-0.2, -0.15) is 0 Å². The van der Waals surface area contributed by atoms with Crippen LogP contribution in [-0.4, -0.2) is 0 Å². The van der Waals surface area contributed by atoms with Crippen LogP contribution in [0.15, 0.2) is 152 Å². The zero-order chi connectivity index (χ0) is 51.4. The van der Waals surface area contributed by atoms with E-state index in [9.17, 15) is 0 Å². The number of benzene rings is 7. The minimum Gasteiger partial charge on any atom is -0.310 e. The van der Waals surface area contributed by atoms with E-state index in [-0.39, 0.29) is 16.2 Å². The Morgan fingerprint density at radius 1 is 0.365 bits per heavy atom. The molecule has 0 bridgehead atoms. The van der Waals surface area contributed by atoms with E-state index in [0.29, 0.717) is 17.8 Å². The van der Waals surface area contributed by atoms with E-state index in [1.165, 1.54) is 191 Å². The fourth-order valence-electron chi connectivity index (χ4n) is 14.2. The molecule has 0 saturated heterocycles. The molecule has 0 radical (unpaired) electrons. The molecule has 3 saturated carbocycles. The zero-order valence-electron chi connectivity index (χ0n) is 46.7. The molecule has 0 N–H and O–H groups in total. The van der Waals surface area contributed by atoms with Crippen molar-refractivity contribution in [2.45, 2.75) is 198 Å². The van der Waals surface area contributed by atoms with E-state index in [1.807, 2.05) is 0 Å². The number of fused-ring (bicyclic) bond motifs is 3. The first kappa shape index (κ1) is 50.5. The van der Waals surface area contributed by atoms with Crippen LogP contribution >= 0.6 is 0 Å². The van der Waals surface area contributed by atoms with Crippen molar-refractivity contribution in [1.29, 1.82) is 0 Å². The Morgan fingerprint density at radius 3 is 1.19 bits per heavy atom. The summed E-state index contributed by atoms with van der Waals surface area (Å²) in [6.07, 6.45) is 20.0. The number of hydrogen-bond donors (Lipinski definition) is 0. The molecule has 0 heterocycles. The lowest BCUT2D eigenvalue weighted by Gasteiger charge is -2.36. The smallest absolute Gasteiger partial charge is 0.0714 e. The molecule has 0 unspecified atom stereocenters. The largest absolute Gasteiger partial charge is 0.310 e. The highest BCUT2D eigenvalue weighted by molar-refractivity contribution is 5.90. The van der Waals surface area contributed by atoms with Crippen molar-refractivity contribution in [2.24, 2.45) is 0 Å². The van der Waals surface area contributed by atoms with Crippen LogP contribution in [0.5, 0.6) is 0 Å². The van der Waals surface area contributed by atoms with Crippen molar-refractivity contribution in [3.05, 3.63) is 207 Å². The molecule has 1 heteroatoms. The summed E-state index contributed by atoms with van der Waals surface area (Å²) in [6.45, 7) is 21.4. The van der Waals surface area contributed by atoms with E-state index < -0.39 is 5.41 Å². The molecular formula is C73H85N. The Hall–Kier alpha value is -5.66. The Morgan fingerprint density at radius 2 is 0.757 bits per heavy atom. The van der Waals surface area contributed by atoms with E-state index in [4.69, 9.17) is 0 Å². The van der Waals surface area contributed by atoms with Gasteiger partial charge in [-0.3, -0.25) is 0 Å².